The number of nitrogens with zero attached hydrogens (tertiary/aromatic N) is 1. The van der Waals surface area contributed by atoms with Crippen molar-refractivity contribution in [1.29, 1.82) is 0 Å². The first-order valence-electron chi connectivity index (χ1n) is 8.33. The molecule has 4 nitrogen and oxygen atoms in total. The lowest BCUT2D eigenvalue weighted by atomic mass is 9.79. The molecule has 2 unspecified atom stereocenters. The lowest BCUT2D eigenvalue weighted by molar-refractivity contribution is -0.150. The Kier molecular flexibility index (Phi) is 6.70. The van der Waals surface area contributed by atoms with Crippen molar-refractivity contribution in [2.45, 2.75) is 46.1 Å². The first-order chi connectivity index (χ1) is 11.5. The standard InChI is InChI=1S/C18H23F2NO3/c1-3-14(17(22)23-4-2)12-8-10-13(11-9-12)15-6-5-7-16(21-15)24-18(19)20/h5-7,10,12,14,18H,3-4,8-9,11H2,1-2H3. The van der Waals surface area contributed by atoms with E-state index in [1.165, 1.54) is 6.07 Å². The quantitative estimate of drug-likeness (QED) is 0.688. The van der Waals surface area contributed by atoms with Gasteiger partial charge in [0.15, 0.2) is 0 Å². The van der Waals surface area contributed by atoms with E-state index in [0.717, 1.165) is 31.3 Å². The highest BCUT2D eigenvalue weighted by Gasteiger charge is 2.29. The predicted octanol–water partition coefficient (Wildman–Crippen LogP) is 4.46. The van der Waals surface area contributed by atoms with E-state index < -0.39 is 6.61 Å². The van der Waals surface area contributed by atoms with Gasteiger partial charge in [-0.2, -0.15) is 8.78 Å². The number of halogens is 2. The Labute approximate surface area is 140 Å². The minimum Gasteiger partial charge on any atom is -0.466 e. The Morgan fingerprint density at radius 2 is 2.17 bits per heavy atom. The van der Waals surface area contributed by atoms with Crippen LogP contribution >= 0.6 is 0 Å². The summed E-state index contributed by atoms with van der Waals surface area (Å²) < 4.78 is 34.1. The molecule has 0 saturated carbocycles. The van der Waals surface area contributed by atoms with Crippen LogP contribution in [0.1, 0.15) is 45.2 Å². The maximum absolute atomic E-state index is 12.3. The number of alkyl halides is 2. The number of carbonyl (C=O) groups is 1. The van der Waals surface area contributed by atoms with Crippen LogP contribution in [0.15, 0.2) is 24.3 Å². The molecule has 0 spiro atoms. The number of rotatable bonds is 7. The molecule has 1 aromatic rings. The molecule has 1 aliphatic carbocycles. The second-order valence-electron chi connectivity index (χ2n) is 5.77. The van der Waals surface area contributed by atoms with Gasteiger partial charge in [0, 0.05) is 6.07 Å². The number of allylic oxidation sites excluding steroid dienone is 2. The van der Waals surface area contributed by atoms with Crippen LogP contribution in [0.4, 0.5) is 8.78 Å². The van der Waals surface area contributed by atoms with Gasteiger partial charge in [-0.3, -0.25) is 4.79 Å². The molecule has 0 aromatic carbocycles. The van der Waals surface area contributed by atoms with E-state index in [-0.39, 0.29) is 23.7 Å². The summed E-state index contributed by atoms with van der Waals surface area (Å²) in [6.07, 6.45) is 5.16. The smallest absolute Gasteiger partial charge is 0.388 e. The van der Waals surface area contributed by atoms with Crippen molar-refractivity contribution in [2.75, 3.05) is 6.61 Å². The zero-order valence-electron chi connectivity index (χ0n) is 14.0. The number of ether oxygens (including phenoxy) is 2. The summed E-state index contributed by atoms with van der Waals surface area (Å²) in [7, 11) is 0. The molecule has 0 amide bonds. The molecular weight excluding hydrogens is 316 g/mol. The number of hydrogen-bond acceptors (Lipinski definition) is 4. The maximum Gasteiger partial charge on any atom is 0.388 e. The summed E-state index contributed by atoms with van der Waals surface area (Å²) in [5, 5.41) is 0. The highest BCUT2D eigenvalue weighted by molar-refractivity contribution is 5.73. The van der Waals surface area contributed by atoms with Crippen LogP contribution in [0.5, 0.6) is 5.88 Å². The third-order valence-corrected chi connectivity index (χ3v) is 4.31. The Morgan fingerprint density at radius 1 is 1.38 bits per heavy atom. The van der Waals surface area contributed by atoms with Gasteiger partial charge in [-0.25, -0.2) is 4.98 Å². The van der Waals surface area contributed by atoms with E-state index in [0.29, 0.717) is 12.3 Å². The SMILES string of the molecule is CCOC(=O)C(CC)C1CC=C(c2cccc(OC(F)F)n2)CC1. The molecule has 0 radical (unpaired) electrons. The maximum atomic E-state index is 12.3. The molecule has 1 aromatic heterocycles. The van der Waals surface area contributed by atoms with Crippen LogP contribution in [0.3, 0.4) is 0 Å². The van der Waals surface area contributed by atoms with Crippen LogP contribution in [0.2, 0.25) is 0 Å². The minimum absolute atomic E-state index is 0.0801. The van der Waals surface area contributed by atoms with Gasteiger partial charge < -0.3 is 9.47 Å². The number of pyridine rings is 1. The van der Waals surface area contributed by atoms with E-state index in [2.05, 4.69) is 9.72 Å². The second kappa shape index (κ2) is 8.76. The largest absolute Gasteiger partial charge is 0.466 e. The molecule has 0 aliphatic heterocycles. The fraction of sp³-hybridized carbons (Fsp3) is 0.556. The third kappa shape index (κ3) is 4.76. The second-order valence-corrected chi connectivity index (χ2v) is 5.77. The van der Waals surface area contributed by atoms with Gasteiger partial charge in [0.25, 0.3) is 0 Å². The van der Waals surface area contributed by atoms with Gasteiger partial charge in [0.2, 0.25) is 5.88 Å². The Bertz CT molecular complexity index is 589. The van der Waals surface area contributed by atoms with Crippen molar-refractivity contribution in [1.82, 2.24) is 4.98 Å². The van der Waals surface area contributed by atoms with Crippen LogP contribution in [0.25, 0.3) is 5.57 Å². The van der Waals surface area contributed by atoms with Crippen LogP contribution in [0, 0.1) is 11.8 Å². The van der Waals surface area contributed by atoms with E-state index in [1.807, 2.05) is 19.9 Å². The molecule has 6 heteroatoms. The topological polar surface area (TPSA) is 48.4 Å². The van der Waals surface area contributed by atoms with Crippen molar-refractivity contribution < 1.29 is 23.0 Å². The van der Waals surface area contributed by atoms with Gasteiger partial charge in [-0.05, 0) is 50.2 Å². The highest BCUT2D eigenvalue weighted by atomic mass is 19.3. The van der Waals surface area contributed by atoms with E-state index in [4.69, 9.17) is 4.74 Å². The van der Waals surface area contributed by atoms with Gasteiger partial charge in [0.1, 0.15) is 0 Å². The molecule has 0 bridgehead atoms. The lowest BCUT2D eigenvalue weighted by Crippen LogP contribution is -2.26. The van der Waals surface area contributed by atoms with Crippen molar-refractivity contribution >= 4 is 11.5 Å². The minimum atomic E-state index is -2.88. The van der Waals surface area contributed by atoms with E-state index in [1.54, 1.807) is 12.1 Å². The van der Waals surface area contributed by atoms with Crippen molar-refractivity contribution in [3.63, 3.8) is 0 Å². The molecule has 132 valence electrons. The summed E-state index contributed by atoms with van der Waals surface area (Å²) in [5.74, 6) is -0.0571. The van der Waals surface area contributed by atoms with Gasteiger partial charge in [-0.15, -0.1) is 0 Å². The van der Waals surface area contributed by atoms with Crippen LogP contribution in [-0.2, 0) is 9.53 Å². The Hall–Kier alpha value is -1.98. The highest BCUT2D eigenvalue weighted by Crippen LogP contribution is 2.35. The van der Waals surface area contributed by atoms with E-state index >= 15 is 0 Å². The normalized spacial score (nSPS) is 18.9. The molecule has 2 rings (SSSR count). The monoisotopic (exact) mass is 339 g/mol. The molecule has 1 heterocycles. The summed E-state index contributed by atoms with van der Waals surface area (Å²) in [5.41, 5.74) is 1.65. The first kappa shape index (κ1) is 18.4. The summed E-state index contributed by atoms with van der Waals surface area (Å²) >= 11 is 0. The molecule has 0 N–H and O–H groups in total. The number of aromatic nitrogens is 1. The fourth-order valence-corrected chi connectivity index (χ4v) is 3.14. The zero-order valence-corrected chi connectivity index (χ0v) is 14.0. The van der Waals surface area contributed by atoms with Crippen molar-refractivity contribution in [2.24, 2.45) is 11.8 Å². The predicted molar refractivity (Wildman–Crippen MR) is 86.6 cm³/mol. The Balaban J connectivity index is 2.06. The van der Waals surface area contributed by atoms with Gasteiger partial charge in [0.05, 0.1) is 18.2 Å². The first-order valence-corrected chi connectivity index (χ1v) is 8.33. The fourth-order valence-electron chi connectivity index (χ4n) is 3.14. The number of esters is 1. The van der Waals surface area contributed by atoms with Gasteiger partial charge >= 0.3 is 12.6 Å². The van der Waals surface area contributed by atoms with Crippen molar-refractivity contribution in [3.8, 4) is 5.88 Å². The molecule has 0 saturated heterocycles. The van der Waals surface area contributed by atoms with E-state index in [9.17, 15) is 13.6 Å². The van der Waals surface area contributed by atoms with Gasteiger partial charge in [-0.1, -0.05) is 19.1 Å². The average Bonchev–Trinajstić information content (AvgIpc) is 2.56. The Morgan fingerprint density at radius 3 is 2.75 bits per heavy atom. The third-order valence-electron chi connectivity index (χ3n) is 4.31. The molecule has 2 atom stereocenters. The van der Waals surface area contributed by atoms with Crippen molar-refractivity contribution in [3.05, 3.63) is 30.0 Å². The molecule has 0 fully saturated rings. The molecule has 24 heavy (non-hydrogen) atoms. The number of hydrogen-bond donors (Lipinski definition) is 0. The summed E-state index contributed by atoms with van der Waals surface area (Å²) in [4.78, 5) is 16.2. The molecule has 1 aliphatic rings. The number of carbonyl (C=O) groups excluding carboxylic acids is 1. The van der Waals surface area contributed by atoms with Crippen LogP contribution < -0.4 is 4.74 Å². The summed E-state index contributed by atoms with van der Waals surface area (Å²) in [6, 6.07) is 4.85. The average molecular weight is 339 g/mol. The lowest BCUT2D eigenvalue weighted by Gasteiger charge is -2.27. The zero-order chi connectivity index (χ0) is 17.5. The van der Waals surface area contributed by atoms with Crippen LogP contribution in [-0.4, -0.2) is 24.2 Å². The molecular formula is C18H23F2NO3. The summed E-state index contributed by atoms with van der Waals surface area (Å²) in [6.45, 7) is 1.31.